The number of hydrogen-bond donors (Lipinski definition) is 2. The Morgan fingerprint density at radius 1 is 0.966 bits per heavy atom. The van der Waals surface area contributed by atoms with E-state index < -0.39 is 6.04 Å². The van der Waals surface area contributed by atoms with Crippen LogP contribution in [0.15, 0.2) is 47.8 Å². The normalized spacial score (nSPS) is 18.1. The lowest BCUT2D eigenvalue weighted by atomic mass is 9.88. The molecule has 152 valence electrons. The Morgan fingerprint density at radius 2 is 1.69 bits per heavy atom. The molecule has 0 bridgehead atoms. The van der Waals surface area contributed by atoms with Gasteiger partial charge in [0.05, 0.1) is 4.88 Å². The molecule has 0 radical (unpaired) electrons. The second-order valence-electron chi connectivity index (χ2n) is 7.71. The van der Waals surface area contributed by atoms with Crippen LogP contribution < -0.4 is 10.6 Å². The lowest BCUT2D eigenvalue weighted by Crippen LogP contribution is -2.54. The topological polar surface area (TPSA) is 78.5 Å². The number of nitrogens with zero attached hydrogens (tertiary/aromatic N) is 1. The Balaban J connectivity index is 1.40. The third-order valence-corrected chi connectivity index (χ3v) is 6.43. The SMILES string of the molecule is O=C(NC(C(=O)NC1CC1)C1CCN(C(=O)c2ccccc2)CC1)c1cccs1. The van der Waals surface area contributed by atoms with Crippen LogP contribution in [-0.4, -0.2) is 47.8 Å². The van der Waals surface area contributed by atoms with Crippen LogP contribution in [0.4, 0.5) is 0 Å². The van der Waals surface area contributed by atoms with Gasteiger partial charge in [0.25, 0.3) is 11.8 Å². The molecule has 4 rings (SSSR count). The van der Waals surface area contributed by atoms with Crippen LogP contribution in [0.5, 0.6) is 0 Å². The van der Waals surface area contributed by atoms with Crippen molar-refractivity contribution in [2.45, 2.75) is 37.8 Å². The standard InChI is InChI=1S/C22H25N3O3S/c26-20(18-7-4-14-29-18)24-19(21(27)23-17-8-9-17)15-10-12-25(13-11-15)22(28)16-5-2-1-3-6-16/h1-7,14-15,17,19H,8-13H2,(H,23,27)(H,24,26). The molecule has 2 N–H and O–H groups in total. The monoisotopic (exact) mass is 411 g/mol. The summed E-state index contributed by atoms with van der Waals surface area (Å²) in [5, 5.41) is 7.83. The molecule has 2 aliphatic rings. The molecule has 1 saturated heterocycles. The molecule has 1 unspecified atom stereocenters. The molecule has 3 amide bonds. The van der Waals surface area contributed by atoms with E-state index in [9.17, 15) is 14.4 Å². The molecule has 1 saturated carbocycles. The first kappa shape index (κ1) is 19.6. The maximum atomic E-state index is 12.8. The van der Waals surface area contributed by atoms with E-state index in [2.05, 4.69) is 10.6 Å². The van der Waals surface area contributed by atoms with Crippen molar-refractivity contribution in [2.24, 2.45) is 5.92 Å². The fraction of sp³-hybridized carbons (Fsp3) is 0.409. The molecule has 2 fully saturated rings. The lowest BCUT2D eigenvalue weighted by Gasteiger charge is -2.35. The highest BCUT2D eigenvalue weighted by Gasteiger charge is 2.36. The summed E-state index contributed by atoms with van der Waals surface area (Å²) < 4.78 is 0. The van der Waals surface area contributed by atoms with Gasteiger partial charge < -0.3 is 15.5 Å². The predicted molar refractivity (Wildman–Crippen MR) is 112 cm³/mol. The second-order valence-corrected chi connectivity index (χ2v) is 8.65. The summed E-state index contributed by atoms with van der Waals surface area (Å²) in [6.45, 7) is 1.17. The van der Waals surface area contributed by atoms with Crippen molar-refractivity contribution in [2.75, 3.05) is 13.1 Å². The van der Waals surface area contributed by atoms with Crippen LogP contribution in [0.2, 0.25) is 0 Å². The van der Waals surface area contributed by atoms with E-state index in [4.69, 9.17) is 0 Å². The highest BCUT2D eigenvalue weighted by Crippen LogP contribution is 2.25. The van der Waals surface area contributed by atoms with Crippen LogP contribution in [0, 0.1) is 5.92 Å². The Labute approximate surface area is 174 Å². The molecule has 6 nitrogen and oxygen atoms in total. The van der Waals surface area contributed by atoms with Gasteiger partial charge in [-0.15, -0.1) is 11.3 Å². The number of benzene rings is 1. The average molecular weight is 412 g/mol. The van der Waals surface area contributed by atoms with E-state index >= 15 is 0 Å². The third kappa shape index (κ3) is 4.85. The maximum Gasteiger partial charge on any atom is 0.262 e. The van der Waals surface area contributed by atoms with E-state index in [0.717, 1.165) is 12.8 Å². The molecule has 1 aromatic heterocycles. The van der Waals surface area contributed by atoms with Gasteiger partial charge in [-0.1, -0.05) is 24.3 Å². The Bertz CT molecular complexity index is 857. The van der Waals surface area contributed by atoms with Crippen molar-refractivity contribution in [3.63, 3.8) is 0 Å². The highest BCUT2D eigenvalue weighted by molar-refractivity contribution is 7.12. The van der Waals surface area contributed by atoms with Crippen LogP contribution in [-0.2, 0) is 4.79 Å². The largest absolute Gasteiger partial charge is 0.352 e. The van der Waals surface area contributed by atoms with Gasteiger partial charge in [-0.25, -0.2) is 0 Å². The number of rotatable bonds is 6. The Kier molecular flexibility index (Phi) is 5.94. The molecular formula is C22H25N3O3S. The van der Waals surface area contributed by atoms with Crippen LogP contribution in [0.1, 0.15) is 45.7 Å². The Morgan fingerprint density at radius 3 is 2.31 bits per heavy atom. The number of thiophene rings is 1. The van der Waals surface area contributed by atoms with Gasteiger partial charge in [0, 0.05) is 24.7 Å². The quantitative estimate of drug-likeness (QED) is 0.767. The number of carbonyl (C=O) groups is 3. The lowest BCUT2D eigenvalue weighted by molar-refractivity contribution is -0.124. The van der Waals surface area contributed by atoms with Crippen LogP contribution in [0.3, 0.4) is 0 Å². The Hall–Kier alpha value is -2.67. The molecule has 2 aromatic rings. The minimum Gasteiger partial charge on any atom is -0.352 e. The van der Waals surface area contributed by atoms with E-state index in [1.807, 2.05) is 46.7 Å². The summed E-state index contributed by atoms with van der Waals surface area (Å²) >= 11 is 1.36. The zero-order valence-corrected chi connectivity index (χ0v) is 17.0. The number of piperidine rings is 1. The second kappa shape index (κ2) is 8.78. The third-order valence-electron chi connectivity index (χ3n) is 5.56. The predicted octanol–water partition coefficient (Wildman–Crippen LogP) is 2.68. The molecule has 29 heavy (non-hydrogen) atoms. The molecule has 1 aromatic carbocycles. The fourth-order valence-electron chi connectivity index (χ4n) is 3.74. The van der Waals surface area contributed by atoms with Crippen molar-refractivity contribution in [1.29, 1.82) is 0 Å². The van der Waals surface area contributed by atoms with Gasteiger partial charge in [0.15, 0.2) is 0 Å². The number of nitrogens with one attached hydrogen (secondary N) is 2. The van der Waals surface area contributed by atoms with Crippen molar-refractivity contribution in [1.82, 2.24) is 15.5 Å². The first-order chi connectivity index (χ1) is 14.1. The maximum absolute atomic E-state index is 12.8. The smallest absolute Gasteiger partial charge is 0.262 e. The van der Waals surface area contributed by atoms with Gasteiger partial charge >= 0.3 is 0 Å². The summed E-state index contributed by atoms with van der Waals surface area (Å²) in [5.41, 5.74) is 0.681. The fourth-order valence-corrected chi connectivity index (χ4v) is 4.36. The molecule has 1 atom stereocenters. The molecule has 2 heterocycles. The molecule has 7 heteroatoms. The summed E-state index contributed by atoms with van der Waals surface area (Å²) in [6, 6.07) is 12.5. The van der Waals surface area contributed by atoms with E-state index in [1.54, 1.807) is 6.07 Å². The van der Waals surface area contributed by atoms with Gasteiger partial charge in [-0.2, -0.15) is 0 Å². The van der Waals surface area contributed by atoms with Crippen LogP contribution >= 0.6 is 11.3 Å². The number of amides is 3. The van der Waals surface area contributed by atoms with Gasteiger partial charge in [0.2, 0.25) is 5.91 Å². The zero-order valence-electron chi connectivity index (χ0n) is 16.2. The van der Waals surface area contributed by atoms with Crippen molar-refractivity contribution in [3.05, 3.63) is 58.3 Å². The van der Waals surface area contributed by atoms with E-state index in [1.165, 1.54) is 11.3 Å². The summed E-state index contributed by atoms with van der Waals surface area (Å²) in [7, 11) is 0. The van der Waals surface area contributed by atoms with Gasteiger partial charge in [0.1, 0.15) is 6.04 Å². The molecule has 1 aliphatic carbocycles. The van der Waals surface area contributed by atoms with E-state index in [0.29, 0.717) is 36.4 Å². The molecule has 0 spiro atoms. The minimum absolute atomic E-state index is 0.0116. The molecule has 1 aliphatic heterocycles. The summed E-state index contributed by atoms with van der Waals surface area (Å²) in [5.74, 6) is -0.285. The average Bonchev–Trinajstić information content (AvgIpc) is 3.39. The van der Waals surface area contributed by atoms with Crippen molar-refractivity contribution in [3.8, 4) is 0 Å². The zero-order chi connectivity index (χ0) is 20.2. The van der Waals surface area contributed by atoms with Crippen LogP contribution in [0.25, 0.3) is 0 Å². The molecular weight excluding hydrogens is 386 g/mol. The minimum atomic E-state index is -0.570. The van der Waals surface area contributed by atoms with Crippen molar-refractivity contribution < 1.29 is 14.4 Å². The first-order valence-electron chi connectivity index (χ1n) is 10.1. The van der Waals surface area contributed by atoms with Crippen molar-refractivity contribution >= 4 is 29.1 Å². The highest BCUT2D eigenvalue weighted by atomic mass is 32.1. The number of hydrogen-bond acceptors (Lipinski definition) is 4. The number of likely N-dealkylation sites (tertiary alicyclic amines) is 1. The summed E-state index contributed by atoms with van der Waals surface area (Å²) in [4.78, 5) is 40.5. The van der Waals surface area contributed by atoms with Gasteiger partial charge in [-0.05, 0) is 55.2 Å². The summed E-state index contributed by atoms with van der Waals surface area (Å²) in [6.07, 6.45) is 3.38. The van der Waals surface area contributed by atoms with Gasteiger partial charge in [-0.3, -0.25) is 14.4 Å². The van der Waals surface area contributed by atoms with E-state index in [-0.39, 0.29) is 29.7 Å². The number of carbonyl (C=O) groups excluding carboxylic acids is 3. The first-order valence-corrected chi connectivity index (χ1v) is 11.0.